The van der Waals surface area contributed by atoms with Gasteiger partial charge in [0, 0.05) is 17.5 Å². The molecule has 5 nitrogen and oxygen atoms in total. The number of benzene rings is 1. The van der Waals surface area contributed by atoms with E-state index in [0.717, 1.165) is 25.7 Å². The highest BCUT2D eigenvalue weighted by molar-refractivity contribution is 5.94. The molecule has 0 atom stereocenters. The number of carbonyl (C=O) groups excluding carboxylic acids is 2. The van der Waals surface area contributed by atoms with Crippen LogP contribution in [0.15, 0.2) is 30.3 Å². The van der Waals surface area contributed by atoms with E-state index in [4.69, 9.17) is 5.26 Å². The molecule has 0 aromatic heterocycles. The van der Waals surface area contributed by atoms with E-state index in [1.807, 2.05) is 24.3 Å². The van der Waals surface area contributed by atoms with Crippen LogP contribution in [0, 0.1) is 17.2 Å². The van der Waals surface area contributed by atoms with Gasteiger partial charge in [-0.25, -0.2) is 0 Å². The molecule has 1 aliphatic rings. The van der Waals surface area contributed by atoms with Crippen LogP contribution in [0.2, 0.25) is 0 Å². The van der Waals surface area contributed by atoms with Crippen molar-refractivity contribution in [2.75, 3.05) is 6.54 Å². The van der Waals surface area contributed by atoms with Crippen molar-refractivity contribution in [2.45, 2.75) is 31.7 Å². The normalized spacial score (nSPS) is 21.1. The summed E-state index contributed by atoms with van der Waals surface area (Å²) < 4.78 is 0. The molecule has 1 aromatic carbocycles. The number of rotatable bonds is 4. The minimum Gasteiger partial charge on any atom is -0.349 e. The van der Waals surface area contributed by atoms with Gasteiger partial charge < -0.3 is 10.6 Å². The van der Waals surface area contributed by atoms with Crippen LogP contribution in [0.25, 0.3) is 0 Å². The lowest BCUT2D eigenvalue weighted by atomic mass is 9.85. The zero-order valence-corrected chi connectivity index (χ0v) is 11.8. The number of nitrogens with one attached hydrogen (secondary N) is 2. The third kappa shape index (κ3) is 4.32. The average molecular weight is 285 g/mol. The second-order valence-corrected chi connectivity index (χ2v) is 5.26. The van der Waals surface area contributed by atoms with E-state index in [0.29, 0.717) is 5.56 Å². The quantitative estimate of drug-likeness (QED) is 0.825. The highest BCUT2D eigenvalue weighted by atomic mass is 16.2. The summed E-state index contributed by atoms with van der Waals surface area (Å²) in [7, 11) is 0. The molecule has 0 unspecified atom stereocenters. The Labute approximate surface area is 124 Å². The molecule has 0 spiro atoms. The zero-order chi connectivity index (χ0) is 15.1. The first-order valence-corrected chi connectivity index (χ1v) is 7.21. The highest BCUT2D eigenvalue weighted by Crippen LogP contribution is 2.24. The van der Waals surface area contributed by atoms with Gasteiger partial charge in [-0.3, -0.25) is 9.59 Å². The Morgan fingerprint density at radius 1 is 1.14 bits per heavy atom. The maximum Gasteiger partial charge on any atom is 0.251 e. The number of nitrogens with zero attached hydrogens (tertiary/aromatic N) is 1. The molecule has 110 valence electrons. The molecule has 21 heavy (non-hydrogen) atoms. The lowest BCUT2D eigenvalue weighted by molar-refractivity contribution is -0.125. The summed E-state index contributed by atoms with van der Waals surface area (Å²) in [4.78, 5) is 23.8. The van der Waals surface area contributed by atoms with Gasteiger partial charge in [0.25, 0.3) is 5.91 Å². The molecule has 2 rings (SSSR count). The number of nitriles is 1. The van der Waals surface area contributed by atoms with Crippen molar-refractivity contribution in [1.82, 2.24) is 10.6 Å². The van der Waals surface area contributed by atoms with Crippen molar-refractivity contribution in [3.05, 3.63) is 35.9 Å². The summed E-state index contributed by atoms with van der Waals surface area (Å²) in [6, 6.07) is 11.2. The first-order chi connectivity index (χ1) is 10.2. The van der Waals surface area contributed by atoms with Crippen LogP contribution in [0.1, 0.15) is 36.0 Å². The second kappa shape index (κ2) is 7.44. The van der Waals surface area contributed by atoms with Gasteiger partial charge in [0.1, 0.15) is 6.54 Å². The molecular formula is C16H19N3O2. The van der Waals surface area contributed by atoms with Crippen molar-refractivity contribution in [3.8, 4) is 6.07 Å². The minimum absolute atomic E-state index is 0.0387. The molecule has 0 radical (unpaired) electrons. The highest BCUT2D eigenvalue weighted by Gasteiger charge is 2.26. The third-order valence-electron chi connectivity index (χ3n) is 3.81. The van der Waals surface area contributed by atoms with Gasteiger partial charge in [-0.05, 0) is 37.8 Å². The summed E-state index contributed by atoms with van der Waals surface area (Å²) in [5.74, 6) is -0.152. The van der Waals surface area contributed by atoms with E-state index in [2.05, 4.69) is 10.6 Å². The smallest absolute Gasteiger partial charge is 0.251 e. The number of hydrogen-bond acceptors (Lipinski definition) is 3. The second-order valence-electron chi connectivity index (χ2n) is 5.26. The van der Waals surface area contributed by atoms with Crippen LogP contribution in [-0.2, 0) is 4.79 Å². The summed E-state index contributed by atoms with van der Waals surface area (Å²) in [6.07, 6.45) is 3.08. The van der Waals surface area contributed by atoms with Gasteiger partial charge in [-0.1, -0.05) is 18.2 Å². The Bertz CT molecular complexity index is 528. The standard InChI is InChI=1S/C16H19N3O2/c17-10-11-18-15(20)13-6-8-14(9-7-13)19-16(21)12-4-2-1-3-5-12/h1-5,13-14H,6-9,11H2,(H,18,20)(H,19,21). The number of hydrogen-bond donors (Lipinski definition) is 2. The fourth-order valence-electron chi connectivity index (χ4n) is 2.63. The predicted octanol–water partition coefficient (Wildman–Crippen LogP) is 1.61. The van der Waals surface area contributed by atoms with Gasteiger partial charge in [-0.15, -0.1) is 0 Å². The largest absolute Gasteiger partial charge is 0.349 e. The Balaban J connectivity index is 1.78. The van der Waals surface area contributed by atoms with Crippen LogP contribution in [0.5, 0.6) is 0 Å². The summed E-state index contributed by atoms with van der Waals surface area (Å²) in [5.41, 5.74) is 0.659. The summed E-state index contributed by atoms with van der Waals surface area (Å²) in [5, 5.41) is 14.1. The molecule has 0 bridgehead atoms. The lowest BCUT2D eigenvalue weighted by Gasteiger charge is -2.28. The van der Waals surface area contributed by atoms with Crippen LogP contribution in [0.4, 0.5) is 0 Å². The predicted molar refractivity (Wildman–Crippen MR) is 78.3 cm³/mol. The molecule has 0 saturated heterocycles. The molecule has 0 aliphatic heterocycles. The average Bonchev–Trinajstić information content (AvgIpc) is 2.54. The zero-order valence-electron chi connectivity index (χ0n) is 11.8. The van der Waals surface area contributed by atoms with Crippen LogP contribution >= 0.6 is 0 Å². The number of amides is 2. The van der Waals surface area contributed by atoms with Crippen LogP contribution in [-0.4, -0.2) is 24.4 Å². The first-order valence-electron chi connectivity index (χ1n) is 7.21. The van der Waals surface area contributed by atoms with E-state index in [1.54, 1.807) is 12.1 Å². The Morgan fingerprint density at radius 2 is 1.81 bits per heavy atom. The van der Waals surface area contributed by atoms with Gasteiger partial charge >= 0.3 is 0 Å². The Morgan fingerprint density at radius 3 is 2.43 bits per heavy atom. The van der Waals surface area contributed by atoms with Crippen molar-refractivity contribution in [3.63, 3.8) is 0 Å². The molecule has 2 amide bonds. The summed E-state index contributed by atoms with van der Waals surface area (Å²) in [6.45, 7) is 0.0590. The molecule has 1 aromatic rings. The fraction of sp³-hybridized carbons (Fsp3) is 0.438. The van der Waals surface area contributed by atoms with E-state index in [9.17, 15) is 9.59 Å². The molecule has 1 aliphatic carbocycles. The molecular weight excluding hydrogens is 266 g/mol. The van der Waals surface area contributed by atoms with E-state index >= 15 is 0 Å². The SMILES string of the molecule is N#CCNC(=O)C1CCC(NC(=O)c2ccccc2)CC1. The molecule has 1 fully saturated rings. The fourth-order valence-corrected chi connectivity index (χ4v) is 2.63. The minimum atomic E-state index is -0.0621. The first kappa shape index (κ1) is 15.0. The third-order valence-corrected chi connectivity index (χ3v) is 3.81. The van der Waals surface area contributed by atoms with Crippen LogP contribution in [0.3, 0.4) is 0 Å². The van der Waals surface area contributed by atoms with Crippen molar-refractivity contribution >= 4 is 11.8 Å². The molecule has 1 saturated carbocycles. The maximum absolute atomic E-state index is 12.0. The van der Waals surface area contributed by atoms with Gasteiger partial charge in [-0.2, -0.15) is 5.26 Å². The van der Waals surface area contributed by atoms with Crippen molar-refractivity contribution in [1.29, 1.82) is 5.26 Å². The number of carbonyl (C=O) groups is 2. The molecule has 2 N–H and O–H groups in total. The van der Waals surface area contributed by atoms with Gasteiger partial charge in [0.15, 0.2) is 0 Å². The van der Waals surface area contributed by atoms with Gasteiger partial charge in [0.05, 0.1) is 6.07 Å². The maximum atomic E-state index is 12.0. The Hall–Kier alpha value is -2.35. The van der Waals surface area contributed by atoms with Crippen molar-refractivity contribution < 1.29 is 9.59 Å². The topological polar surface area (TPSA) is 82.0 Å². The molecule has 0 heterocycles. The van der Waals surface area contributed by atoms with E-state index in [-0.39, 0.29) is 30.3 Å². The van der Waals surface area contributed by atoms with E-state index < -0.39 is 0 Å². The van der Waals surface area contributed by atoms with Gasteiger partial charge in [0.2, 0.25) is 5.91 Å². The molecule has 5 heteroatoms. The van der Waals surface area contributed by atoms with Crippen molar-refractivity contribution in [2.24, 2.45) is 5.92 Å². The van der Waals surface area contributed by atoms with Crippen LogP contribution < -0.4 is 10.6 Å². The van der Waals surface area contributed by atoms with E-state index in [1.165, 1.54) is 0 Å². The summed E-state index contributed by atoms with van der Waals surface area (Å²) >= 11 is 0. The Kier molecular flexibility index (Phi) is 5.33. The monoisotopic (exact) mass is 285 g/mol. The lowest BCUT2D eigenvalue weighted by Crippen LogP contribution is -2.40.